The molecule has 0 saturated carbocycles. The van der Waals surface area contributed by atoms with E-state index in [9.17, 15) is 5.11 Å². The van der Waals surface area contributed by atoms with Crippen LogP contribution in [-0.2, 0) is 6.42 Å². The van der Waals surface area contributed by atoms with Crippen LogP contribution in [0.15, 0.2) is 24.8 Å². The van der Waals surface area contributed by atoms with Gasteiger partial charge in [0.1, 0.15) is 5.75 Å². The molecule has 1 heteroatoms. The Balaban J connectivity index is 3.22. The molecule has 64 valence electrons. The third kappa shape index (κ3) is 1.50. The molecule has 12 heavy (non-hydrogen) atoms. The van der Waals surface area contributed by atoms with Crippen LogP contribution in [0.5, 0.6) is 5.75 Å². The molecule has 0 aromatic heterocycles. The molecule has 0 aliphatic carbocycles. The average Bonchev–Trinajstić information content (AvgIpc) is 2.06. The zero-order valence-corrected chi connectivity index (χ0v) is 7.59. The van der Waals surface area contributed by atoms with E-state index < -0.39 is 0 Å². The molecule has 1 N–H and O–H groups in total. The second-order valence-corrected chi connectivity index (χ2v) is 3.00. The number of aryl methyl sites for hydroxylation is 1. The van der Waals surface area contributed by atoms with E-state index in [0.29, 0.717) is 5.75 Å². The van der Waals surface area contributed by atoms with Gasteiger partial charge in [-0.2, -0.15) is 0 Å². The first kappa shape index (κ1) is 8.85. The minimum absolute atomic E-state index is 0.373. The Kier molecular flexibility index (Phi) is 2.54. The second-order valence-electron chi connectivity index (χ2n) is 3.00. The second kappa shape index (κ2) is 3.44. The van der Waals surface area contributed by atoms with Crippen LogP contribution in [0.2, 0.25) is 0 Å². The van der Waals surface area contributed by atoms with Crippen LogP contribution in [0.3, 0.4) is 0 Å². The minimum atomic E-state index is 0.373. The molecule has 0 spiro atoms. The van der Waals surface area contributed by atoms with E-state index in [4.69, 9.17) is 0 Å². The Hall–Kier alpha value is -1.24. The van der Waals surface area contributed by atoms with Crippen LogP contribution in [0.4, 0.5) is 0 Å². The maximum absolute atomic E-state index is 9.42. The largest absolute Gasteiger partial charge is 0.508 e. The van der Waals surface area contributed by atoms with Crippen LogP contribution in [-0.4, -0.2) is 5.11 Å². The lowest BCUT2D eigenvalue weighted by molar-refractivity contribution is 0.470. The zero-order valence-electron chi connectivity index (χ0n) is 7.59. The van der Waals surface area contributed by atoms with E-state index >= 15 is 0 Å². The lowest BCUT2D eigenvalue weighted by atomic mass is 9.99. The lowest BCUT2D eigenvalue weighted by Gasteiger charge is -2.08. The van der Waals surface area contributed by atoms with Crippen molar-refractivity contribution in [2.24, 2.45) is 0 Å². The van der Waals surface area contributed by atoms with E-state index in [1.54, 1.807) is 6.07 Å². The Labute approximate surface area is 73.4 Å². The monoisotopic (exact) mass is 162 g/mol. The molecule has 0 heterocycles. The molecule has 0 unspecified atom stereocenters. The quantitative estimate of drug-likeness (QED) is 0.663. The Morgan fingerprint density at radius 2 is 2.08 bits per heavy atom. The van der Waals surface area contributed by atoms with Gasteiger partial charge >= 0.3 is 0 Å². The number of phenolic OH excluding ortho intramolecular Hbond substituents is 1. The van der Waals surface area contributed by atoms with Gasteiger partial charge in [0.25, 0.3) is 0 Å². The van der Waals surface area contributed by atoms with Crippen molar-refractivity contribution in [2.75, 3.05) is 0 Å². The number of benzene rings is 1. The van der Waals surface area contributed by atoms with Gasteiger partial charge in [0.2, 0.25) is 0 Å². The SMILES string of the molecule is C=CCc1c(C)ccc(O)c1C. The van der Waals surface area contributed by atoms with Gasteiger partial charge in [-0.3, -0.25) is 0 Å². The molecule has 0 radical (unpaired) electrons. The van der Waals surface area contributed by atoms with Gasteiger partial charge in [0.15, 0.2) is 0 Å². The number of allylic oxidation sites excluding steroid dienone is 1. The Morgan fingerprint density at radius 1 is 1.42 bits per heavy atom. The smallest absolute Gasteiger partial charge is 0.118 e. The van der Waals surface area contributed by atoms with Crippen LogP contribution >= 0.6 is 0 Å². The summed E-state index contributed by atoms with van der Waals surface area (Å²) < 4.78 is 0. The third-order valence-corrected chi connectivity index (χ3v) is 2.15. The predicted molar refractivity (Wildman–Crippen MR) is 51.5 cm³/mol. The molecule has 1 aromatic rings. The van der Waals surface area contributed by atoms with Crippen LogP contribution in [0.25, 0.3) is 0 Å². The first-order valence-corrected chi connectivity index (χ1v) is 4.05. The van der Waals surface area contributed by atoms with Gasteiger partial charge in [-0.1, -0.05) is 12.1 Å². The molecule has 0 amide bonds. The highest BCUT2D eigenvalue weighted by Gasteiger charge is 2.03. The molecule has 0 aliphatic heterocycles. The van der Waals surface area contributed by atoms with Crippen LogP contribution < -0.4 is 0 Å². The summed E-state index contributed by atoms with van der Waals surface area (Å²) >= 11 is 0. The highest BCUT2D eigenvalue weighted by molar-refractivity contribution is 5.43. The molecule has 0 aliphatic rings. The number of hydrogen-bond acceptors (Lipinski definition) is 1. The number of rotatable bonds is 2. The van der Waals surface area contributed by atoms with Gasteiger partial charge < -0.3 is 5.11 Å². The van der Waals surface area contributed by atoms with Crippen molar-refractivity contribution in [2.45, 2.75) is 20.3 Å². The molecule has 0 saturated heterocycles. The molecule has 1 rings (SSSR count). The Bertz CT molecular complexity index is 300. The summed E-state index contributed by atoms with van der Waals surface area (Å²) in [5.74, 6) is 0.373. The topological polar surface area (TPSA) is 20.2 Å². The fourth-order valence-corrected chi connectivity index (χ4v) is 1.34. The van der Waals surface area contributed by atoms with Crippen molar-refractivity contribution in [1.29, 1.82) is 0 Å². The normalized spacial score (nSPS) is 9.83. The molecular weight excluding hydrogens is 148 g/mol. The van der Waals surface area contributed by atoms with E-state index in [0.717, 1.165) is 12.0 Å². The molecule has 1 aromatic carbocycles. The van der Waals surface area contributed by atoms with E-state index in [1.807, 2.05) is 26.0 Å². The Morgan fingerprint density at radius 3 is 2.67 bits per heavy atom. The third-order valence-electron chi connectivity index (χ3n) is 2.15. The van der Waals surface area contributed by atoms with Crippen molar-refractivity contribution in [3.8, 4) is 5.75 Å². The van der Waals surface area contributed by atoms with E-state index in [1.165, 1.54) is 11.1 Å². The summed E-state index contributed by atoms with van der Waals surface area (Å²) in [6, 6.07) is 3.67. The predicted octanol–water partition coefficient (Wildman–Crippen LogP) is 2.74. The summed E-state index contributed by atoms with van der Waals surface area (Å²) in [5.41, 5.74) is 3.37. The average molecular weight is 162 g/mol. The summed E-state index contributed by atoms with van der Waals surface area (Å²) in [7, 11) is 0. The number of hydrogen-bond donors (Lipinski definition) is 1. The molecule has 0 atom stereocenters. The highest BCUT2D eigenvalue weighted by atomic mass is 16.3. The molecule has 0 fully saturated rings. The molecule has 1 nitrogen and oxygen atoms in total. The molecule has 0 bridgehead atoms. The van der Waals surface area contributed by atoms with Gasteiger partial charge in [0.05, 0.1) is 0 Å². The first-order valence-electron chi connectivity index (χ1n) is 4.05. The maximum atomic E-state index is 9.42. The number of aromatic hydroxyl groups is 1. The fraction of sp³-hybridized carbons (Fsp3) is 0.273. The highest BCUT2D eigenvalue weighted by Crippen LogP contribution is 2.23. The van der Waals surface area contributed by atoms with Crippen LogP contribution in [0, 0.1) is 13.8 Å². The zero-order chi connectivity index (χ0) is 9.14. The summed E-state index contributed by atoms with van der Waals surface area (Å²) in [6.07, 6.45) is 2.68. The van der Waals surface area contributed by atoms with Crippen molar-refractivity contribution in [1.82, 2.24) is 0 Å². The van der Waals surface area contributed by atoms with Gasteiger partial charge in [0, 0.05) is 0 Å². The van der Waals surface area contributed by atoms with Crippen LogP contribution in [0.1, 0.15) is 16.7 Å². The summed E-state index contributed by atoms with van der Waals surface area (Å²) in [4.78, 5) is 0. The van der Waals surface area contributed by atoms with Crippen molar-refractivity contribution >= 4 is 0 Å². The van der Waals surface area contributed by atoms with Crippen molar-refractivity contribution in [3.05, 3.63) is 41.5 Å². The summed E-state index contributed by atoms with van der Waals surface area (Å²) in [6.45, 7) is 7.66. The van der Waals surface area contributed by atoms with Gasteiger partial charge in [-0.25, -0.2) is 0 Å². The standard InChI is InChI=1S/C11H14O/c1-4-5-10-8(2)6-7-11(12)9(10)3/h4,6-7,12H,1,5H2,2-3H3. The first-order chi connectivity index (χ1) is 5.66. The lowest BCUT2D eigenvalue weighted by Crippen LogP contribution is -1.91. The number of phenols is 1. The van der Waals surface area contributed by atoms with Crippen molar-refractivity contribution in [3.63, 3.8) is 0 Å². The maximum Gasteiger partial charge on any atom is 0.118 e. The van der Waals surface area contributed by atoms with Crippen molar-refractivity contribution < 1.29 is 5.11 Å². The van der Waals surface area contributed by atoms with Gasteiger partial charge in [-0.15, -0.1) is 6.58 Å². The molecular formula is C11H14O. The minimum Gasteiger partial charge on any atom is -0.508 e. The van der Waals surface area contributed by atoms with E-state index in [2.05, 4.69) is 6.58 Å². The van der Waals surface area contributed by atoms with Gasteiger partial charge in [-0.05, 0) is 43.0 Å². The fourth-order valence-electron chi connectivity index (χ4n) is 1.34. The van der Waals surface area contributed by atoms with E-state index in [-0.39, 0.29) is 0 Å². The summed E-state index contributed by atoms with van der Waals surface area (Å²) in [5, 5.41) is 9.42.